The molecular weight excluding hydrogens is 268 g/mol. The van der Waals surface area contributed by atoms with E-state index in [-0.39, 0.29) is 23.4 Å². The van der Waals surface area contributed by atoms with E-state index in [0.717, 1.165) is 9.78 Å². The van der Waals surface area contributed by atoms with Crippen LogP contribution in [0.25, 0.3) is 0 Å². The van der Waals surface area contributed by atoms with Crippen molar-refractivity contribution >= 4 is 29.1 Å². The topological polar surface area (TPSA) is 86.7 Å². The molecule has 1 aromatic heterocycles. The van der Waals surface area contributed by atoms with Gasteiger partial charge in [-0.05, 0) is 12.5 Å². The number of carbonyl (C=O) groups is 3. The van der Waals surface area contributed by atoms with Crippen molar-refractivity contribution in [2.45, 2.75) is 25.4 Å². The molecule has 2 amide bonds. The molecule has 1 aliphatic rings. The van der Waals surface area contributed by atoms with Crippen molar-refractivity contribution in [3.63, 3.8) is 0 Å². The molecule has 0 radical (unpaired) electrons. The molecule has 2 N–H and O–H groups in total. The molecular formula is C12H14N2O4S. The third-order valence-electron chi connectivity index (χ3n) is 3.07. The number of carboxylic acids is 1. The standard InChI is InChI=1S/C12H14N2O4S/c1-14-10(15)3-2-9(11(14)16)13-5-8-4-7(6-19-8)12(17)18/h4,6,9,13H,2-3,5H2,1H3,(H,17,18). The number of piperidine rings is 1. The summed E-state index contributed by atoms with van der Waals surface area (Å²) in [5, 5.41) is 13.4. The van der Waals surface area contributed by atoms with Gasteiger partial charge in [0.1, 0.15) is 0 Å². The van der Waals surface area contributed by atoms with Crippen LogP contribution in [-0.2, 0) is 16.1 Å². The smallest absolute Gasteiger partial charge is 0.336 e. The van der Waals surface area contributed by atoms with Crippen LogP contribution in [0.4, 0.5) is 0 Å². The SMILES string of the molecule is CN1C(=O)CCC(NCc2cc(C(=O)O)cs2)C1=O. The van der Waals surface area contributed by atoms with Gasteiger partial charge in [0, 0.05) is 30.3 Å². The molecule has 2 heterocycles. The fourth-order valence-corrected chi connectivity index (χ4v) is 2.72. The molecule has 1 unspecified atom stereocenters. The Hall–Kier alpha value is -1.73. The van der Waals surface area contributed by atoms with E-state index in [1.165, 1.54) is 18.4 Å². The molecule has 19 heavy (non-hydrogen) atoms. The van der Waals surface area contributed by atoms with Gasteiger partial charge in [0.25, 0.3) is 0 Å². The number of nitrogens with zero attached hydrogens (tertiary/aromatic N) is 1. The fraction of sp³-hybridized carbons (Fsp3) is 0.417. The lowest BCUT2D eigenvalue weighted by Gasteiger charge is -2.28. The summed E-state index contributed by atoms with van der Waals surface area (Å²) in [6.45, 7) is 0.427. The maximum Gasteiger partial charge on any atom is 0.336 e. The minimum absolute atomic E-state index is 0.160. The van der Waals surface area contributed by atoms with Crippen molar-refractivity contribution in [2.75, 3.05) is 7.05 Å². The number of hydrogen-bond acceptors (Lipinski definition) is 5. The zero-order valence-electron chi connectivity index (χ0n) is 10.4. The number of aromatic carboxylic acids is 1. The van der Waals surface area contributed by atoms with Crippen LogP contribution < -0.4 is 5.32 Å². The van der Waals surface area contributed by atoms with Crippen molar-refractivity contribution in [1.82, 2.24) is 10.2 Å². The highest BCUT2D eigenvalue weighted by Crippen LogP contribution is 2.16. The summed E-state index contributed by atoms with van der Waals surface area (Å²) in [5.41, 5.74) is 0.254. The van der Waals surface area contributed by atoms with Crippen LogP contribution in [0.3, 0.4) is 0 Å². The number of imide groups is 1. The normalized spacial score (nSPS) is 19.8. The lowest BCUT2D eigenvalue weighted by Crippen LogP contribution is -2.51. The van der Waals surface area contributed by atoms with Gasteiger partial charge in [-0.3, -0.25) is 14.5 Å². The highest BCUT2D eigenvalue weighted by molar-refractivity contribution is 7.10. The predicted octanol–water partition coefficient (Wildman–Crippen LogP) is 0.683. The zero-order chi connectivity index (χ0) is 14.0. The minimum atomic E-state index is -0.957. The third kappa shape index (κ3) is 2.99. The van der Waals surface area contributed by atoms with E-state index in [4.69, 9.17) is 5.11 Å². The first-order valence-electron chi connectivity index (χ1n) is 5.83. The van der Waals surface area contributed by atoms with Gasteiger partial charge < -0.3 is 10.4 Å². The van der Waals surface area contributed by atoms with Crippen molar-refractivity contribution in [3.8, 4) is 0 Å². The average molecular weight is 282 g/mol. The Morgan fingerprint density at radius 1 is 1.58 bits per heavy atom. The Balaban J connectivity index is 1.93. The first-order chi connectivity index (χ1) is 8.99. The number of carboxylic acid groups (broad SMARTS) is 1. The van der Waals surface area contributed by atoms with Gasteiger partial charge in [-0.15, -0.1) is 11.3 Å². The summed E-state index contributed by atoms with van der Waals surface area (Å²) >= 11 is 1.33. The number of carbonyl (C=O) groups excluding carboxylic acids is 2. The Morgan fingerprint density at radius 2 is 2.32 bits per heavy atom. The largest absolute Gasteiger partial charge is 0.478 e. The summed E-state index contributed by atoms with van der Waals surface area (Å²) in [7, 11) is 1.48. The number of rotatable bonds is 4. The van der Waals surface area contributed by atoms with Crippen LogP contribution in [0, 0.1) is 0 Å². The molecule has 0 aliphatic carbocycles. The highest BCUT2D eigenvalue weighted by atomic mass is 32.1. The highest BCUT2D eigenvalue weighted by Gasteiger charge is 2.31. The third-order valence-corrected chi connectivity index (χ3v) is 4.01. The average Bonchev–Trinajstić information content (AvgIpc) is 2.84. The molecule has 102 valence electrons. The van der Waals surface area contributed by atoms with Crippen LogP contribution in [-0.4, -0.2) is 40.9 Å². The first-order valence-corrected chi connectivity index (χ1v) is 6.71. The Labute approximate surface area is 114 Å². The van der Waals surface area contributed by atoms with Crippen LogP contribution >= 0.6 is 11.3 Å². The molecule has 0 spiro atoms. The summed E-state index contributed by atoms with van der Waals surface area (Å²) < 4.78 is 0. The number of likely N-dealkylation sites (tertiary alicyclic amines) is 1. The van der Waals surface area contributed by atoms with E-state index in [2.05, 4.69) is 5.32 Å². The molecule has 0 bridgehead atoms. The minimum Gasteiger partial charge on any atom is -0.478 e. The molecule has 0 saturated carbocycles. The first kappa shape index (κ1) is 13.7. The lowest BCUT2D eigenvalue weighted by molar-refractivity contribution is -0.148. The van der Waals surface area contributed by atoms with Gasteiger partial charge in [-0.2, -0.15) is 0 Å². The van der Waals surface area contributed by atoms with E-state index < -0.39 is 5.97 Å². The lowest BCUT2D eigenvalue weighted by atomic mass is 10.0. The van der Waals surface area contributed by atoms with Crippen molar-refractivity contribution in [1.29, 1.82) is 0 Å². The molecule has 6 nitrogen and oxygen atoms in total. The number of likely N-dealkylation sites (N-methyl/N-ethyl adjacent to an activating group) is 1. The number of thiophene rings is 1. The van der Waals surface area contributed by atoms with Crippen LogP contribution in [0.1, 0.15) is 28.1 Å². The van der Waals surface area contributed by atoms with E-state index >= 15 is 0 Å². The summed E-state index contributed by atoms with van der Waals surface area (Å²) in [4.78, 5) is 35.9. The van der Waals surface area contributed by atoms with Crippen molar-refractivity contribution in [2.24, 2.45) is 0 Å². The number of nitrogens with one attached hydrogen (secondary N) is 1. The maximum atomic E-state index is 11.8. The number of amides is 2. The quantitative estimate of drug-likeness (QED) is 0.793. The second kappa shape index (κ2) is 5.50. The maximum absolute atomic E-state index is 11.8. The van der Waals surface area contributed by atoms with Crippen LogP contribution in [0.2, 0.25) is 0 Å². The van der Waals surface area contributed by atoms with Gasteiger partial charge in [0.2, 0.25) is 11.8 Å². The monoisotopic (exact) mass is 282 g/mol. The van der Waals surface area contributed by atoms with Gasteiger partial charge in [0.05, 0.1) is 11.6 Å². The van der Waals surface area contributed by atoms with E-state index in [1.54, 1.807) is 11.4 Å². The van der Waals surface area contributed by atoms with Crippen LogP contribution in [0.5, 0.6) is 0 Å². The van der Waals surface area contributed by atoms with E-state index in [0.29, 0.717) is 19.4 Å². The number of hydrogen-bond donors (Lipinski definition) is 2. The molecule has 1 aromatic rings. The zero-order valence-corrected chi connectivity index (χ0v) is 11.2. The molecule has 1 saturated heterocycles. The van der Waals surface area contributed by atoms with Gasteiger partial charge in [0.15, 0.2) is 0 Å². The fourth-order valence-electron chi connectivity index (χ4n) is 1.91. The van der Waals surface area contributed by atoms with Gasteiger partial charge in [-0.1, -0.05) is 0 Å². The van der Waals surface area contributed by atoms with E-state index in [9.17, 15) is 14.4 Å². The summed E-state index contributed by atoms with van der Waals surface area (Å²) in [5.74, 6) is -1.35. The van der Waals surface area contributed by atoms with E-state index in [1.807, 2.05) is 0 Å². The van der Waals surface area contributed by atoms with Gasteiger partial charge >= 0.3 is 5.97 Å². The Morgan fingerprint density at radius 3 is 2.95 bits per heavy atom. The van der Waals surface area contributed by atoms with Crippen molar-refractivity contribution in [3.05, 3.63) is 21.9 Å². The second-order valence-electron chi connectivity index (χ2n) is 4.37. The van der Waals surface area contributed by atoms with Crippen LogP contribution in [0.15, 0.2) is 11.4 Å². The Bertz CT molecular complexity index is 526. The van der Waals surface area contributed by atoms with Crippen molar-refractivity contribution < 1.29 is 19.5 Å². The summed E-state index contributed by atoms with van der Waals surface area (Å²) in [6.07, 6.45) is 0.837. The van der Waals surface area contributed by atoms with Gasteiger partial charge in [-0.25, -0.2) is 4.79 Å². The summed E-state index contributed by atoms with van der Waals surface area (Å²) in [6, 6.07) is 1.21. The molecule has 2 rings (SSSR count). The molecule has 7 heteroatoms. The Kier molecular flexibility index (Phi) is 3.96. The second-order valence-corrected chi connectivity index (χ2v) is 5.37. The molecule has 1 aliphatic heterocycles. The predicted molar refractivity (Wildman–Crippen MR) is 68.9 cm³/mol. The molecule has 1 fully saturated rings. The molecule has 1 atom stereocenters. The molecule has 0 aromatic carbocycles.